The molecule has 1 aromatic rings. The number of hydrogen-bond acceptors (Lipinski definition) is 5. The molecule has 10 heteroatoms. The predicted octanol–water partition coefficient (Wildman–Crippen LogP) is 0.801. The minimum Gasteiger partial charge on any atom is -0.368 e. The second-order valence-electron chi connectivity index (χ2n) is 6.56. The van der Waals surface area contributed by atoms with Crippen molar-refractivity contribution in [1.29, 1.82) is 0 Å². The highest BCUT2D eigenvalue weighted by molar-refractivity contribution is 7.98. The van der Waals surface area contributed by atoms with Crippen LogP contribution >= 0.6 is 23.4 Å². The lowest BCUT2D eigenvalue weighted by Crippen LogP contribution is -2.57. The van der Waals surface area contributed by atoms with Crippen molar-refractivity contribution in [2.75, 3.05) is 38.2 Å². The molecule has 0 saturated carbocycles. The Morgan fingerprint density at radius 1 is 1.14 bits per heavy atom. The molecule has 0 aromatic heterocycles. The summed E-state index contributed by atoms with van der Waals surface area (Å²) in [5, 5.41) is 3.11. The Hall–Kier alpha value is -1.97. The molecule has 0 bridgehead atoms. The molecule has 28 heavy (non-hydrogen) atoms. The van der Waals surface area contributed by atoms with Crippen molar-refractivity contribution >= 4 is 41.2 Å². The molecule has 0 aliphatic carbocycles. The van der Waals surface area contributed by atoms with Gasteiger partial charge in [0.2, 0.25) is 11.8 Å². The van der Waals surface area contributed by atoms with Gasteiger partial charge in [-0.05, 0) is 36.1 Å². The standard InChI is InChI=1S/C18H26ClN5O3S/c1-28-11-6-14(22-18(21)27)17(26)24-9-7-23(8-10-24)15(16(20)25)12-2-4-13(19)5-3-12/h2-5,14-15H,6-11H2,1H3,(H2,20,25)(H3,21,22,27)/t14-,15-/m1/s1. The van der Waals surface area contributed by atoms with Gasteiger partial charge >= 0.3 is 6.03 Å². The highest BCUT2D eigenvalue weighted by Crippen LogP contribution is 2.24. The number of nitrogens with zero attached hydrogens (tertiary/aromatic N) is 2. The van der Waals surface area contributed by atoms with Gasteiger partial charge in [0, 0.05) is 31.2 Å². The highest BCUT2D eigenvalue weighted by atomic mass is 35.5. The van der Waals surface area contributed by atoms with E-state index >= 15 is 0 Å². The molecule has 4 amide bonds. The van der Waals surface area contributed by atoms with Crippen molar-refractivity contribution in [2.24, 2.45) is 11.5 Å². The van der Waals surface area contributed by atoms with E-state index in [4.69, 9.17) is 23.1 Å². The fourth-order valence-electron chi connectivity index (χ4n) is 3.29. The largest absolute Gasteiger partial charge is 0.368 e. The van der Waals surface area contributed by atoms with E-state index < -0.39 is 24.0 Å². The number of piperazine rings is 1. The van der Waals surface area contributed by atoms with E-state index in [1.807, 2.05) is 11.2 Å². The number of thioether (sulfide) groups is 1. The lowest BCUT2D eigenvalue weighted by Gasteiger charge is -2.39. The molecule has 2 atom stereocenters. The first kappa shape index (κ1) is 22.3. The van der Waals surface area contributed by atoms with Gasteiger partial charge in [-0.2, -0.15) is 11.8 Å². The van der Waals surface area contributed by atoms with Crippen molar-refractivity contribution in [3.05, 3.63) is 34.9 Å². The maximum atomic E-state index is 12.8. The molecule has 1 aliphatic heterocycles. The zero-order valence-corrected chi connectivity index (χ0v) is 17.3. The minimum absolute atomic E-state index is 0.158. The van der Waals surface area contributed by atoms with Crippen molar-refractivity contribution in [3.63, 3.8) is 0 Å². The first-order valence-electron chi connectivity index (χ1n) is 8.96. The maximum Gasteiger partial charge on any atom is 0.312 e. The van der Waals surface area contributed by atoms with Gasteiger partial charge in [0.05, 0.1) is 0 Å². The monoisotopic (exact) mass is 427 g/mol. The van der Waals surface area contributed by atoms with Crippen LogP contribution < -0.4 is 16.8 Å². The van der Waals surface area contributed by atoms with Crippen LogP contribution in [0.5, 0.6) is 0 Å². The fourth-order valence-corrected chi connectivity index (χ4v) is 3.88. The van der Waals surface area contributed by atoms with Gasteiger partial charge in [-0.1, -0.05) is 23.7 Å². The van der Waals surface area contributed by atoms with Gasteiger partial charge in [-0.3, -0.25) is 14.5 Å². The average Bonchev–Trinajstić information content (AvgIpc) is 2.66. The summed E-state index contributed by atoms with van der Waals surface area (Å²) in [6, 6.07) is 5.08. The van der Waals surface area contributed by atoms with Crippen molar-refractivity contribution in [2.45, 2.75) is 18.5 Å². The molecule has 8 nitrogen and oxygen atoms in total. The fraction of sp³-hybridized carbons (Fsp3) is 0.500. The number of carbonyl (C=O) groups excluding carboxylic acids is 3. The predicted molar refractivity (Wildman–Crippen MR) is 111 cm³/mol. The van der Waals surface area contributed by atoms with E-state index in [-0.39, 0.29) is 5.91 Å². The Labute approximate surface area is 173 Å². The molecule has 1 fully saturated rings. The number of benzene rings is 1. The lowest BCUT2D eigenvalue weighted by molar-refractivity contribution is -0.136. The van der Waals surface area contributed by atoms with Gasteiger partial charge in [-0.15, -0.1) is 0 Å². The second kappa shape index (κ2) is 10.5. The Balaban J connectivity index is 2.02. The van der Waals surface area contributed by atoms with E-state index in [1.165, 1.54) is 0 Å². The average molecular weight is 428 g/mol. The van der Waals surface area contributed by atoms with Crippen molar-refractivity contribution in [1.82, 2.24) is 15.1 Å². The molecule has 0 unspecified atom stereocenters. The SMILES string of the molecule is CSCC[C@@H](NC(N)=O)C(=O)N1CCN([C@@H](C(N)=O)c2ccc(Cl)cc2)CC1. The maximum absolute atomic E-state index is 12.8. The minimum atomic E-state index is -0.713. The van der Waals surface area contributed by atoms with Crippen LogP contribution in [0.25, 0.3) is 0 Å². The van der Waals surface area contributed by atoms with Crippen molar-refractivity contribution in [3.8, 4) is 0 Å². The van der Waals surface area contributed by atoms with Crippen LogP contribution in [0.15, 0.2) is 24.3 Å². The van der Waals surface area contributed by atoms with Crippen LogP contribution in [0.2, 0.25) is 5.02 Å². The number of urea groups is 1. The van der Waals surface area contributed by atoms with Gasteiger partial charge < -0.3 is 21.7 Å². The summed E-state index contributed by atoms with van der Waals surface area (Å²) < 4.78 is 0. The number of nitrogens with two attached hydrogens (primary N) is 2. The zero-order chi connectivity index (χ0) is 20.7. The third-order valence-electron chi connectivity index (χ3n) is 4.67. The molecule has 1 saturated heterocycles. The number of halogens is 1. The molecular formula is C18H26ClN5O3S. The van der Waals surface area contributed by atoms with E-state index in [1.54, 1.807) is 40.9 Å². The van der Waals surface area contributed by atoms with Gasteiger partial charge in [-0.25, -0.2) is 4.79 Å². The first-order valence-corrected chi connectivity index (χ1v) is 10.7. The highest BCUT2D eigenvalue weighted by Gasteiger charge is 2.32. The molecular weight excluding hydrogens is 402 g/mol. The third kappa shape index (κ3) is 6.02. The molecule has 1 aromatic carbocycles. The number of amides is 4. The van der Waals surface area contributed by atoms with Gasteiger partial charge in [0.15, 0.2) is 0 Å². The van der Waals surface area contributed by atoms with Gasteiger partial charge in [0.25, 0.3) is 0 Å². The smallest absolute Gasteiger partial charge is 0.312 e. The summed E-state index contributed by atoms with van der Waals surface area (Å²) in [6.45, 7) is 1.86. The molecule has 5 N–H and O–H groups in total. The van der Waals surface area contributed by atoms with Crippen LogP contribution in [-0.2, 0) is 9.59 Å². The summed E-state index contributed by atoms with van der Waals surface area (Å²) in [5.41, 5.74) is 11.6. The molecule has 154 valence electrons. The summed E-state index contributed by atoms with van der Waals surface area (Å²) in [6.07, 6.45) is 2.45. The molecule has 1 aliphatic rings. The topological polar surface area (TPSA) is 122 Å². The van der Waals surface area contributed by atoms with E-state index in [0.29, 0.717) is 37.6 Å². The Kier molecular flexibility index (Phi) is 8.40. The van der Waals surface area contributed by atoms with Crippen LogP contribution in [0.1, 0.15) is 18.0 Å². The Morgan fingerprint density at radius 3 is 2.25 bits per heavy atom. The van der Waals surface area contributed by atoms with Crippen LogP contribution in [0, 0.1) is 0 Å². The molecule has 0 spiro atoms. The summed E-state index contributed by atoms with van der Waals surface area (Å²) in [5.74, 6) is 0.127. The summed E-state index contributed by atoms with van der Waals surface area (Å²) in [7, 11) is 0. The molecule has 2 rings (SSSR count). The quantitative estimate of drug-likeness (QED) is 0.566. The molecule has 1 heterocycles. The van der Waals surface area contributed by atoms with E-state index in [2.05, 4.69) is 5.32 Å². The lowest BCUT2D eigenvalue weighted by atomic mass is 10.0. The van der Waals surface area contributed by atoms with E-state index in [0.717, 1.165) is 11.3 Å². The Morgan fingerprint density at radius 2 is 1.75 bits per heavy atom. The van der Waals surface area contributed by atoms with Crippen molar-refractivity contribution < 1.29 is 14.4 Å². The number of nitrogens with one attached hydrogen (secondary N) is 1. The van der Waals surface area contributed by atoms with E-state index in [9.17, 15) is 14.4 Å². The van der Waals surface area contributed by atoms with Crippen LogP contribution in [0.4, 0.5) is 4.79 Å². The number of primary amides is 2. The Bertz CT molecular complexity index is 695. The normalized spacial score (nSPS) is 17.0. The number of carbonyl (C=O) groups is 3. The summed E-state index contributed by atoms with van der Waals surface area (Å²) in [4.78, 5) is 39.7. The van der Waals surface area contributed by atoms with Gasteiger partial charge in [0.1, 0.15) is 12.1 Å². The number of hydrogen-bond donors (Lipinski definition) is 3. The first-order chi connectivity index (χ1) is 13.3. The van der Waals surface area contributed by atoms with Crippen LogP contribution in [0.3, 0.4) is 0 Å². The number of rotatable bonds is 8. The zero-order valence-electron chi connectivity index (χ0n) is 15.8. The summed E-state index contributed by atoms with van der Waals surface area (Å²) >= 11 is 7.52. The third-order valence-corrected chi connectivity index (χ3v) is 5.57. The van der Waals surface area contributed by atoms with Crippen LogP contribution in [-0.4, -0.2) is 71.9 Å². The second-order valence-corrected chi connectivity index (χ2v) is 7.98. The molecule has 0 radical (unpaired) electrons.